The number of hydrogen-bond donors (Lipinski definition) is 1. The van der Waals surface area contributed by atoms with Crippen LogP contribution in [0.15, 0.2) is 54.6 Å². The van der Waals surface area contributed by atoms with Gasteiger partial charge in [0.1, 0.15) is 17.9 Å². The van der Waals surface area contributed by atoms with Gasteiger partial charge in [0.2, 0.25) is 17.4 Å². The SMILES string of the molecule is CCOC(=O)[C@@]1(C)[NH2+][C@@H](c2cccc(C)c2)[C@H]2C(=O)N(c3ccccc3)C(=O)[C@@H]21. The second-order valence-corrected chi connectivity index (χ2v) is 7.96. The van der Waals surface area contributed by atoms with E-state index in [2.05, 4.69) is 0 Å². The van der Waals surface area contributed by atoms with Gasteiger partial charge >= 0.3 is 5.97 Å². The van der Waals surface area contributed by atoms with Crippen molar-refractivity contribution in [2.45, 2.75) is 32.4 Å². The summed E-state index contributed by atoms with van der Waals surface area (Å²) in [4.78, 5) is 41.1. The minimum Gasteiger partial charge on any atom is -0.461 e. The molecular weight excluding hydrogens is 368 g/mol. The zero-order chi connectivity index (χ0) is 20.8. The van der Waals surface area contributed by atoms with Crippen molar-refractivity contribution in [3.8, 4) is 0 Å². The maximum Gasteiger partial charge on any atom is 0.368 e. The van der Waals surface area contributed by atoms with Crippen molar-refractivity contribution in [2.24, 2.45) is 11.8 Å². The smallest absolute Gasteiger partial charge is 0.368 e. The highest BCUT2D eigenvalue weighted by Crippen LogP contribution is 2.45. The van der Waals surface area contributed by atoms with Crippen molar-refractivity contribution < 1.29 is 24.4 Å². The first-order valence-electron chi connectivity index (χ1n) is 9.91. The molecule has 0 saturated carbocycles. The van der Waals surface area contributed by atoms with Crippen molar-refractivity contribution in [1.82, 2.24) is 0 Å². The lowest BCUT2D eigenvalue weighted by molar-refractivity contribution is -0.731. The molecular formula is C23H25N2O4+. The zero-order valence-corrected chi connectivity index (χ0v) is 16.8. The van der Waals surface area contributed by atoms with E-state index in [-0.39, 0.29) is 24.5 Å². The fourth-order valence-electron chi connectivity index (χ4n) is 4.76. The van der Waals surface area contributed by atoms with Crippen molar-refractivity contribution in [1.29, 1.82) is 0 Å². The quantitative estimate of drug-likeness (QED) is 0.634. The van der Waals surface area contributed by atoms with Crippen molar-refractivity contribution in [3.63, 3.8) is 0 Å². The summed E-state index contributed by atoms with van der Waals surface area (Å²) in [6.45, 7) is 5.67. The summed E-state index contributed by atoms with van der Waals surface area (Å²) in [5.74, 6) is -2.46. The average molecular weight is 393 g/mol. The van der Waals surface area contributed by atoms with Crippen LogP contribution in [-0.4, -0.2) is 29.9 Å². The monoisotopic (exact) mass is 393 g/mol. The van der Waals surface area contributed by atoms with Gasteiger partial charge in [-0.3, -0.25) is 9.59 Å². The number of hydrogen-bond acceptors (Lipinski definition) is 4. The van der Waals surface area contributed by atoms with Crippen LogP contribution in [-0.2, 0) is 19.1 Å². The van der Waals surface area contributed by atoms with Crippen LogP contribution in [0.5, 0.6) is 0 Å². The molecule has 0 aromatic heterocycles. The summed E-state index contributed by atoms with van der Waals surface area (Å²) in [5, 5.41) is 1.85. The van der Waals surface area contributed by atoms with E-state index in [1.165, 1.54) is 4.90 Å². The van der Waals surface area contributed by atoms with Crippen LogP contribution >= 0.6 is 0 Å². The van der Waals surface area contributed by atoms with Gasteiger partial charge in [-0.05, 0) is 26.0 Å². The van der Waals surface area contributed by atoms with Gasteiger partial charge in [0.05, 0.1) is 12.3 Å². The Hall–Kier alpha value is -2.99. The van der Waals surface area contributed by atoms with Gasteiger partial charge in [0, 0.05) is 12.5 Å². The maximum absolute atomic E-state index is 13.5. The van der Waals surface area contributed by atoms with Crippen LogP contribution in [0.25, 0.3) is 0 Å². The fourth-order valence-corrected chi connectivity index (χ4v) is 4.76. The van der Waals surface area contributed by atoms with E-state index in [1.54, 1.807) is 38.1 Å². The molecule has 0 aliphatic carbocycles. The molecule has 2 heterocycles. The van der Waals surface area contributed by atoms with Crippen LogP contribution in [0, 0.1) is 18.8 Å². The minimum absolute atomic E-state index is 0.222. The lowest BCUT2D eigenvalue weighted by Gasteiger charge is -2.26. The van der Waals surface area contributed by atoms with Crippen LogP contribution < -0.4 is 10.2 Å². The molecule has 2 aromatic rings. The lowest BCUT2D eigenvalue weighted by atomic mass is 9.80. The molecule has 0 bridgehead atoms. The highest BCUT2D eigenvalue weighted by molar-refractivity contribution is 6.23. The number of carbonyl (C=O) groups is 3. The van der Waals surface area contributed by atoms with Gasteiger partial charge in [-0.1, -0.05) is 48.0 Å². The zero-order valence-electron chi connectivity index (χ0n) is 16.8. The Balaban J connectivity index is 1.82. The second-order valence-electron chi connectivity index (χ2n) is 7.96. The summed E-state index contributed by atoms with van der Waals surface area (Å²) in [6, 6.07) is 16.4. The molecule has 0 unspecified atom stereocenters. The first-order chi connectivity index (χ1) is 13.9. The highest BCUT2D eigenvalue weighted by atomic mass is 16.5. The molecule has 2 aromatic carbocycles. The Morgan fingerprint density at radius 3 is 2.48 bits per heavy atom. The molecule has 2 amide bonds. The number of esters is 1. The third-order valence-corrected chi connectivity index (χ3v) is 6.07. The molecule has 0 radical (unpaired) electrons. The first kappa shape index (κ1) is 19.3. The van der Waals surface area contributed by atoms with Crippen LogP contribution in [0.4, 0.5) is 5.69 Å². The van der Waals surface area contributed by atoms with E-state index in [9.17, 15) is 14.4 Å². The van der Waals surface area contributed by atoms with Crippen molar-refractivity contribution in [2.75, 3.05) is 11.5 Å². The number of imide groups is 1. The molecule has 2 aliphatic rings. The Morgan fingerprint density at radius 1 is 1.10 bits per heavy atom. The second kappa shape index (κ2) is 7.12. The number of nitrogens with zero attached hydrogens (tertiary/aromatic N) is 1. The molecule has 2 aliphatic heterocycles. The molecule has 4 rings (SSSR count). The van der Waals surface area contributed by atoms with Gasteiger partial charge < -0.3 is 10.1 Å². The van der Waals surface area contributed by atoms with E-state index in [0.717, 1.165) is 11.1 Å². The van der Waals surface area contributed by atoms with Gasteiger partial charge in [-0.2, -0.15) is 0 Å². The summed E-state index contributed by atoms with van der Waals surface area (Å²) >= 11 is 0. The first-order valence-corrected chi connectivity index (χ1v) is 9.91. The van der Waals surface area contributed by atoms with Crippen LogP contribution in [0.1, 0.15) is 31.0 Å². The van der Waals surface area contributed by atoms with Crippen LogP contribution in [0.2, 0.25) is 0 Å². The third kappa shape index (κ3) is 2.95. The Bertz CT molecular complexity index is 974. The number of carbonyl (C=O) groups excluding carboxylic acids is 3. The lowest BCUT2D eigenvalue weighted by Crippen LogP contribution is -2.97. The topological polar surface area (TPSA) is 80.3 Å². The number of amides is 2. The van der Waals surface area contributed by atoms with E-state index in [1.807, 2.05) is 42.6 Å². The number of benzene rings is 2. The van der Waals surface area contributed by atoms with Gasteiger partial charge in [-0.25, -0.2) is 9.69 Å². The summed E-state index contributed by atoms with van der Waals surface area (Å²) < 4.78 is 5.32. The summed E-state index contributed by atoms with van der Waals surface area (Å²) in [5.41, 5.74) is 1.37. The maximum atomic E-state index is 13.5. The average Bonchev–Trinajstić information content (AvgIpc) is 3.17. The van der Waals surface area contributed by atoms with Crippen molar-refractivity contribution in [3.05, 3.63) is 65.7 Å². The number of anilines is 1. The molecule has 6 heteroatoms. The van der Waals surface area contributed by atoms with E-state index >= 15 is 0 Å². The Kier molecular flexibility index (Phi) is 4.74. The number of fused-ring (bicyclic) bond motifs is 1. The van der Waals surface area contributed by atoms with Gasteiger partial charge in [0.15, 0.2) is 0 Å². The summed E-state index contributed by atoms with van der Waals surface area (Å²) in [7, 11) is 0. The Labute approximate surface area is 169 Å². The number of nitrogens with two attached hydrogens (primary N) is 1. The van der Waals surface area contributed by atoms with Gasteiger partial charge in [-0.15, -0.1) is 0 Å². The van der Waals surface area contributed by atoms with Crippen LogP contribution in [0.3, 0.4) is 0 Å². The van der Waals surface area contributed by atoms with E-state index in [0.29, 0.717) is 5.69 Å². The molecule has 2 N–H and O–H groups in total. The molecule has 2 saturated heterocycles. The normalized spacial score (nSPS) is 28.5. The number of ether oxygens (including phenoxy) is 1. The fraction of sp³-hybridized carbons (Fsp3) is 0.348. The minimum atomic E-state index is -1.16. The third-order valence-electron chi connectivity index (χ3n) is 6.07. The predicted octanol–water partition coefficient (Wildman–Crippen LogP) is 1.74. The molecule has 6 nitrogen and oxygen atoms in total. The number of rotatable bonds is 4. The number of para-hydroxylation sites is 1. The molecule has 150 valence electrons. The summed E-state index contributed by atoms with van der Waals surface area (Å²) in [6.07, 6.45) is 0. The molecule has 0 spiro atoms. The van der Waals surface area contributed by atoms with Crippen molar-refractivity contribution >= 4 is 23.5 Å². The largest absolute Gasteiger partial charge is 0.461 e. The molecule has 2 fully saturated rings. The predicted molar refractivity (Wildman–Crippen MR) is 107 cm³/mol. The van der Waals surface area contributed by atoms with E-state index in [4.69, 9.17) is 4.74 Å². The highest BCUT2D eigenvalue weighted by Gasteiger charge is 2.70. The van der Waals surface area contributed by atoms with E-state index < -0.39 is 23.3 Å². The molecule has 4 atom stereocenters. The standard InChI is InChI=1S/C23H24N2O4/c1-4-29-22(28)23(3)18-17(19(24-23)15-10-8-9-14(2)13-15)20(26)25(21(18)27)16-11-6-5-7-12-16/h5-13,17-19,24H,4H2,1-3H3/p+1/t17-,18+,19-,23-/m0/s1. The van der Waals surface area contributed by atoms with Gasteiger partial charge in [0.25, 0.3) is 0 Å². The molecule has 29 heavy (non-hydrogen) atoms. The number of quaternary nitrogens is 1. The Morgan fingerprint density at radius 2 is 1.83 bits per heavy atom. The number of aryl methyl sites for hydroxylation is 1.